The van der Waals surface area contributed by atoms with Gasteiger partial charge < -0.3 is 14.8 Å². The van der Waals surface area contributed by atoms with Gasteiger partial charge in [-0.1, -0.05) is 24.6 Å². The first-order chi connectivity index (χ1) is 19.6. The third-order valence-corrected chi connectivity index (χ3v) is 7.49. The number of amides is 1. The zero-order valence-corrected chi connectivity index (χ0v) is 22.5. The van der Waals surface area contributed by atoms with Gasteiger partial charge in [-0.15, -0.1) is 0 Å². The van der Waals surface area contributed by atoms with Gasteiger partial charge in [-0.3, -0.25) is 9.78 Å². The third-order valence-electron chi connectivity index (χ3n) is 7.20. The summed E-state index contributed by atoms with van der Waals surface area (Å²) in [7, 11) is 0. The van der Waals surface area contributed by atoms with Gasteiger partial charge in [-0.25, -0.2) is 9.37 Å². The number of hydrogen-bond donors (Lipinski definition) is 1. The number of nitrogens with zero attached hydrogens (tertiary/aromatic N) is 2. The van der Waals surface area contributed by atoms with E-state index in [9.17, 15) is 22.4 Å². The lowest BCUT2D eigenvalue weighted by molar-refractivity contribution is -0.151. The Hall–Kier alpha value is -3.92. The lowest BCUT2D eigenvalue weighted by Gasteiger charge is -2.18. The van der Waals surface area contributed by atoms with Gasteiger partial charge in [0, 0.05) is 46.4 Å². The Balaban J connectivity index is 1.29. The molecular formula is C30H24ClF4N3O3. The summed E-state index contributed by atoms with van der Waals surface area (Å²) < 4.78 is 66.8. The van der Waals surface area contributed by atoms with Crippen molar-refractivity contribution in [2.75, 3.05) is 13.2 Å². The summed E-state index contributed by atoms with van der Waals surface area (Å²) in [6.07, 6.45) is -0.871. The van der Waals surface area contributed by atoms with Crippen LogP contribution < -0.4 is 14.8 Å². The molecule has 2 aromatic carbocycles. The van der Waals surface area contributed by atoms with Gasteiger partial charge in [0.25, 0.3) is 5.91 Å². The minimum absolute atomic E-state index is 0.0112. The summed E-state index contributed by atoms with van der Waals surface area (Å²) in [6.45, 7) is 1.26. The molecule has 4 aromatic rings. The normalized spacial score (nSPS) is 17.2. The second kappa shape index (κ2) is 10.5. The predicted molar refractivity (Wildman–Crippen MR) is 145 cm³/mol. The lowest BCUT2D eigenvalue weighted by Crippen LogP contribution is -2.28. The highest BCUT2D eigenvalue weighted by Crippen LogP contribution is 2.48. The summed E-state index contributed by atoms with van der Waals surface area (Å²) in [5.41, 5.74) is 1.76. The maximum absolute atomic E-state index is 13.8. The van der Waals surface area contributed by atoms with Crippen LogP contribution in [0.25, 0.3) is 22.2 Å². The molecule has 6 rings (SSSR count). The second-order valence-corrected chi connectivity index (χ2v) is 10.7. The Kier molecular flexibility index (Phi) is 6.97. The molecule has 1 fully saturated rings. The number of carbonyl (C=O) groups is 1. The third kappa shape index (κ3) is 5.53. The molecule has 2 aromatic heterocycles. The first-order valence-electron chi connectivity index (χ1n) is 13.1. The van der Waals surface area contributed by atoms with Crippen LogP contribution >= 0.6 is 11.6 Å². The molecule has 1 amide bonds. The van der Waals surface area contributed by atoms with E-state index < -0.39 is 30.4 Å². The molecule has 2 atom stereocenters. The van der Waals surface area contributed by atoms with Gasteiger partial charge in [-0.05, 0) is 55.3 Å². The number of pyridine rings is 2. The molecule has 6 nitrogen and oxygen atoms in total. The average Bonchev–Trinajstić information content (AvgIpc) is 3.65. The topological polar surface area (TPSA) is 73.3 Å². The molecule has 1 N–H and O–H groups in total. The maximum atomic E-state index is 13.8. The Morgan fingerprint density at radius 1 is 1.20 bits per heavy atom. The van der Waals surface area contributed by atoms with Crippen molar-refractivity contribution in [2.45, 2.75) is 43.9 Å². The fourth-order valence-electron chi connectivity index (χ4n) is 4.80. The minimum Gasteiger partial charge on any atom is -0.490 e. The van der Waals surface area contributed by atoms with E-state index in [0.29, 0.717) is 28.1 Å². The average molecular weight is 586 g/mol. The van der Waals surface area contributed by atoms with Crippen LogP contribution in [-0.2, 0) is 0 Å². The zero-order valence-electron chi connectivity index (χ0n) is 21.8. The minimum atomic E-state index is -4.54. The number of aromatic nitrogens is 2. The Bertz CT molecular complexity index is 1660. The molecular weight excluding hydrogens is 562 g/mol. The molecule has 212 valence electrons. The standard InChI is InChI=1S/C30H24ClF4N3O3/c1-15(13-37-29(39)18-9-16-3-2-8-36-26(16)25(11-18)41-19-5-6-19)24-12-20-21(30(33,34)35)14-40-28(20)27(38-24)17-4-7-23(32)22(31)10-17/h2-4,7-12,15,19,21H,5-6,13-14H2,1H3,(H,37,39)/t15-,21-/m1/s1. The van der Waals surface area contributed by atoms with E-state index in [1.807, 2.05) is 6.07 Å². The largest absolute Gasteiger partial charge is 0.490 e. The van der Waals surface area contributed by atoms with Crippen LogP contribution in [0.3, 0.4) is 0 Å². The summed E-state index contributed by atoms with van der Waals surface area (Å²) >= 11 is 5.96. The fraction of sp³-hybridized carbons (Fsp3) is 0.300. The molecule has 41 heavy (non-hydrogen) atoms. The van der Waals surface area contributed by atoms with Crippen molar-refractivity contribution in [3.05, 3.63) is 82.4 Å². The highest BCUT2D eigenvalue weighted by atomic mass is 35.5. The van der Waals surface area contributed by atoms with Crippen LogP contribution in [0, 0.1) is 5.82 Å². The molecule has 0 unspecified atom stereocenters. The Morgan fingerprint density at radius 2 is 2.00 bits per heavy atom. The molecule has 1 aliphatic carbocycles. The van der Waals surface area contributed by atoms with Crippen LogP contribution in [-0.4, -0.2) is 41.3 Å². The van der Waals surface area contributed by atoms with Crippen molar-refractivity contribution in [3.63, 3.8) is 0 Å². The summed E-state index contributed by atoms with van der Waals surface area (Å²) in [5, 5.41) is 3.43. The van der Waals surface area contributed by atoms with E-state index >= 15 is 0 Å². The predicted octanol–water partition coefficient (Wildman–Crippen LogP) is 7.20. The number of benzene rings is 2. The number of hydrogen-bond acceptors (Lipinski definition) is 5. The molecule has 11 heteroatoms. The van der Waals surface area contributed by atoms with Crippen LogP contribution in [0.1, 0.15) is 53.2 Å². The van der Waals surface area contributed by atoms with Gasteiger partial charge in [-0.2, -0.15) is 13.2 Å². The molecule has 2 aliphatic rings. The lowest BCUT2D eigenvalue weighted by atomic mass is 9.95. The van der Waals surface area contributed by atoms with E-state index in [1.165, 1.54) is 18.2 Å². The van der Waals surface area contributed by atoms with Crippen molar-refractivity contribution in [1.29, 1.82) is 0 Å². The highest BCUT2D eigenvalue weighted by Gasteiger charge is 2.47. The van der Waals surface area contributed by atoms with Crippen molar-refractivity contribution in [3.8, 4) is 22.8 Å². The smallest absolute Gasteiger partial charge is 0.399 e. The van der Waals surface area contributed by atoms with Crippen molar-refractivity contribution < 1.29 is 31.8 Å². The van der Waals surface area contributed by atoms with E-state index in [0.717, 1.165) is 24.3 Å². The molecule has 0 spiro atoms. The van der Waals surface area contributed by atoms with E-state index in [-0.39, 0.29) is 40.6 Å². The number of carbonyl (C=O) groups excluding carboxylic acids is 1. The maximum Gasteiger partial charge on any atom is 0.399 e. The SMILES string of the molecule is C[C@H](CNC(=O)c1cc(OC2CC2)c2ncccc2c1)c1cc2c(c(-c3ccc(F)c(Cl)c3)n1)OC[C@H]2C(F)(F)F. The van der Waals surface area contributed by atoms with Crippen LogP contribution in [0.4, 0.5) is 17.6 Å². The summed E-state index contributed by atoms with van der Waals surface area (Å²) in [4.78, 5) is 22.2. The molecule has 1 saturated carbocycles. The zero-order chi connectivity index (χ0) is 28.9. The molecule has 0 saturated heterocycles. The number of rotatable bonds is 7. The molecule has 0 bridgehead atoms. The van der Waals surface area contributed by atoms with Crippen molar-refractivity contribution in [1.82, 2.24) is 15.3 Å². The van der Waals surface area contributed by atoms with Gasteiger partial charge in [0.15, 0.2) is 0 Å². The van der Waals surface area contributed by atoms with E-state index in [4.69, 9.17) is 21.1 Å². The molecule has 3 heterocycles. The molecule has 0 radical (unpaired) electrons. The van der Waals surface area contributed by atoms with Crippen LogP contribution in [0.15, 0.2) is 54.7 Å². The summed E-state index contributed by atoms with van der Waals surface area (Å²) in [6, 6.07) is 12.2. The fourth-order valence-corrected chi connectivity index (χ4v) is 4.98. The number of ether oxygens (including phenoxy) is 2. The van der Waals surface area contributed by atoms with Gasteiger partial charge >= 0.3 is 6.18 Å². The van der Waals surface area contributed by atoms with Gasteiger partial charge in [0.1, 0.15) is 41.1 Å². The number of halogens is 5. The summed E-state index contributed by atoms with van der Waals surface area (Å²) in [5.74, 6) is -2.83. The van der Waals surface area contributed by atoms with Gasteiger partial charge in [0.05, 0.1) is 11.1 Å². The van der Waals surface area contributed by atoms with Crippen molar-refractivity contribution in [2.24, 2.45) is 0 Å². The number of alkyl halides is 3. The number of fused-ring (bicyclic) bond motifs is 2. The molecule has 1 aliphatic heterocycles. The monoisotopic (exact) mass is 585 g/mol. The van der Waals surface area contributed by atoms with Gasteiger partial charge in [0.2, 0.25) is 0 Å². The number of nitrogens with one attached hydrogen (secondary N) is 1. The highest BCUT2D eigenvalue weighted by molar-refractivity contribution is 6.31. The first kappa shape index (κ1) is 27.3. The van der Waals surface area contributed by atoms with Crippen LogP contribution in [0.5, 0.6) is 11.5 Å². The first-order valence-corrected chi connectivity index (χ1v) is 13.5. The quantitative estimate of drug-likeness (QED) is 0.232. The van der Waals surface area contributed by atoms with E-state index in [2.05, 4.69) is 15.3 Å². The van der Waals surface area contributed by atoms with Crippen molar-refractivity contribution >= 4 is 28.4 Å². The Morgan fingerprint density at radius 3 is 2.73 bits per heavy atom. The van der Waals surface area contributed by atoms with Crippen LogP contribution in [0.2, 0.25) is 5.02 Å². The second-order valence-electron chi connectivity index (χ2n) is 10.3. The van der Waals surface area contributed by atoms with E-state index in [1.54, 1.807) is 31.3 Å². The Labute approximate surface area is 237 Å².